The van der Waals surface area contributed by atoms with Gasteiger partial charge in [-0.25, -0.2) is 0 Å². The van der Waals surface area contributed by atoms with Crippen LogP contribution in [0.15, 0.2) is 60.7 Å². The number of hydrogen-bond acceptors (Lipinski definition) is 3. The Labute approximate surface area is 136 Å². The van der Waals surface area contributed by atoms with Crippen molar-refractivity contribution in [2.24, 2.45) is 0 Å². The summed E-state index contributed by atoms with van der Waals surface area (Å²) in [5.74, 6) is -0.784. The molecule has 0 spiro atoms. The van der Waals surface area contributed by atoms with Crippen LogP contribution in [0, 0.1) is 0 Å². The van der Waals surface area contributed by atoms with Gasteiger partial charge in [0.15, 0.2) is 6.10 Å². The average molecular weight is 311 g/mol. The summed E-state index contributed by atoms with van der Waals surface area (Å²) in [7, 11) is 0. The maximum Gasteiger partial charge on any atom is 0.316 e. The first-order valence-electron chi connectivity index (χ1n) is 7.54. The SMILES string of the molecule is C[C@@H](OC(=O)C(C)(C)c1ccccc1)C(=O)Nc1ccccc1. The number of nitrogens with one attached hydrogen (secondary N) is 1. The summed E-state index contributed by atoms with van der Waals surface area (Å²) in [6.45, 7) is 5.14. The molecule has 0 aliphatic rings. The Kier molecular flexibility index (Phi) is 5.16. The third kappa shape index (κ3) is 4.19. The van der Waals surface area contributed by atoms with E-state index >= 15 is 0 Å². The fraction of sp³-hybridized carbons (Fsp3) is 0.263. The fourth-order valence-corrected chi connectivity index (χ4v) is 2.10. The van der Waals surface area contributed by atoms with Crippen LogP contribution in [0.5, 0.6) is 0 Å². The third-order valence-electron chi connectivity index (χ3n) is 3.70. The topological polar surface area (TPSA) is 55.4 Å². The molecule has 1 amide bonds. The Balaban J connectivity index is 2.00. The van der Waals surface area contributed by atoms with Gasteiger partial charge in [0.25, 0.3) is 5.91 Å². The number of anilines is 1. The molecule has 1 atom stereocenters. The minimum absolute atomic E-state index is 0.353. The van der Waals surface area contributed by atoms with Crippen molar-refractivity contribution >= 4 is 17.6 Å². The molecule has 4 heteroatoms. The second-order valence-electron chi connectivity index (χ2n) is 5.89. The first-order valence-corrected chi connectivity index (χ1v) is 7.54. The van der Waals surface area contributed by atoms with Crippen molar-refractivity contribution in [1.82, 2.24) is 0 Å². The van der Waals surface area contributed by atoms with Crippen molar-refractivity contribution in [3.8, 4) is 0 Å². The summed E-state index contributed by atoms with van der Waals surface area (Å²) in [4.78, 5) is 24.6. The molecule has 2 rings (SSSR count). The number of carbonyl (C=O) groups is 2. The standard InChI is InChI=1S/C19H21NO3/c1-14(17(21)20-16-12-8-5-9-13-16)23-18(22)19(2,3)15-10-6-4-7-11-15/h4-14H,1-3H3,(H,20,21)/t14-/m1/s1. The van der Waals surface area contributed by atoms with E-state index in [9.17, 15) is 9.59 Å². The monoisotopic (exact) mass is 311 g/mol. The Bertz CT molecular complexity index is 666. The Hall–Kier alpha value is -2.62. The van der Waals surface area contributed by atoms with Crippen molar-refractivity contribution < 1.29 is 14.3 Å². The van der Waals surface area contributed by atoms with E-state index in [1.165, 1.54) is 0 Å². The summed E-state index contributed by atoms with van der Waals surface area (Å²) in [6.07, 6.45) is -0.870. The van der Waals surface area contributed by atoms with E-state index < -0.39 is 17.5 Å². The van der Waals surface area contributed by atoms with Crippen LogP contribution in [0.2, 0.25) is 0 Å². The van der Waals surface area contributed by atoms with Gasteiger partial charge in [-0.3, -0.25) is 9.59 Å². The molecule has 0 aromatic heterocycles. The Morgan fingerprint density at radius 1 is 0.957 bits per heavy atom. The van der Waals surface area contributed by atoms with Crippen molar-refractivity contribution in [3.63, 3.8) is 0 Å². The summed E-state index contributed by atoms with van der Waals surface area (Å²) >= 11 is 0. The maximum absolute atomic E-state index is 12.4. The van der Waals surface area contributed by atoms with Crippen LogP contribution in [0.3, 0.4) is 0 Å². The maximum atomic E-state index is 12.4. The number of para-hydroxylation sites is 1. The highest BCUT2D eigenvalue weighted by Gasteiger charge is 2.33. The summed E-state index contributed by atoms with van der Waals surface area (Å²) in [5.41, 5.74) is 0.700. The fourth-order valence-electron chi connectivity index (χ4n) is 2.10. The molecule has 0 unspecified atom stereocenters. The smallest absolute Gasteiger partial charge is 0.316 e. The number of ether oxygens (including phenoxy) is 1. The van der Waals surface area contributed by atoms with Gasteiger partial charge in [-0.2, -0.15) is 0 Å². The van der Waals surface area contributed by atoms with Crippen LogP contribution in [0.1, 0.15) is 26.3 Å². The van der Waals surface area contributed by atoms with E-state index in [1.54, 1.807) is 32.9 Å². The normalized spacial score (nSPS) is 12.3. The molecular weight excluding hydrogens is 290 g/mol. The minimum atomic E-state index is -0.870. The van der Waals surface area contributed by atoms with Gasteiger partial charge in [0.2, 0.25) is 0 Å². The van der Waals surface area contributed by atoms with Gasteiger partial charge < -0.3 is 10.1 Å². The number of amides is 1. The molecule has 1 N–H and O–H groups in total. The van der Waals surface area contributed by atoms with Crippen LogP contribution >= 0.6 is 0 Å². The van der Waals surface area contributed by atoms with Crippen LogP contribution in [0.25, 0.3) is 0 Å². The van der Waals surface area contributed by atoms with E-state index in [0.29, 0.717) is 5.69 Å². The lowest BCUT2D eigenvalue weighted by Gasteiger charge is -2.25. The molecule has 4 nitrogen and oxygen atoms in total. The first kappa shape index (κ1) is 16.7. The lowest BCUT2D eigenvalue weighted by Crippen LogP contribution is -2.37. The third-order valence-corrected chi connectivity index (χ3v) is 3.70. The molecule has 0 saturated heterocycles. The van der Waals surface area contributed by atoms with Gasteiger partial charge in [-0.1, -0.05) is 48.5 Å². The predicted octanol–water partition coefficient (Wildman–Crippen LogP) is 3.53. The van der Waals surface area contributed by atoms with E-state index in [2.05, 4.69) is 5.32 Å². The molecule has 2 aromatic carbocycles. The highest BCUT2D eigenvalue weighted by molar-refractivity contribution is 5.95. The van der Waals surface area contributed by atoms with Gasteiger partial charge >= 0.3 is 5.97 Å². The second kappa shape index (κ2) is 7.09. The molecule has 0 radical (unpaired) electrons. The lowest BCUT2D eigenvalue weighted by molar-refractivity contribution is -0.158. The largest absolute Gasteiger partial charge is 0.452 e. The minimum Gasteiger partial charge on any atom is -0.452 e. The number of benzene rings is 2. The van der Waals surface area contributed by atoms with E-state index in [-0.39, 0.29) is 5.91 Å². The predicted molar refractivity (Wildman–Crippen MR) is 90.1 cm³/mol. The average Bonchev–Trinajstić information content (AvgIpc) is 2.56. The quantitative estimate of drug-likeness (QED) is 0.859. The second-order valence-corrected chi connectivity index (χ2v) is 5.89. The Morgan fingerprint density at radius 2 is 1.48 bits per heavy atom. The van der Waals surface area contributed by atoms with Gasteiger partial charge in [0, 0.05) is 5.69 Å². The van der Waals surface area contributed by atoms with Crippen molar-refractivity contribution in [2.75, 3.05) is 5.32 Å². The van der Waals surface area contributed by atoms with E-state index in [1.807, 2.05) is 48.5 Å². The van der Waals surface area contributed by atoms with Crippen LogP contribution in [-0.4, -0.2) is 18.0 Å². The van der Waals surface area contributed by atoms with Gasteiger partial charge in [0.1, 0.15) is 0 Å². The van der Waals surface area contributed by atoms with Gasteiger partial charge in [-0.15, -0.1) is 0 Å². The van der Waals surface area contributed by atoms with Crippen LogP contribution in [0.4, 0.5) is 5.69 Å². The zero-order chi connectivity index (χ0) is 16.9. The highest BCUT2D eigenvalue weighted by Crippen LogP contribution is 2.25. The van der Waals surface area contributed by atoms with E-state index in [4.69, 9.17) is 4.74 Å². The number of carbonyl (C=O) groups excluding carboxylic acids is 2. The summed E-state index contributed by atoms with van der Waals surface area (Å²) in [6, 6.07) is 18.4. The van der Waals surface area contributed by atoms with Crippen molar-refractivity contribution in [2.45, 2.75) is 32.3 Å². The van der Waals surface area contributed by atoms with Crippen LogP contribution in [-0.2, 0) is 19.7 Å². The molecule has 0 saturated carbocycles. The molecule has 0 heterocycles. The Morgan fingerprint density at radius 3 is 2.04 bits per heavy atom. The number of esters is 1. The molecule has 0 aliphatic heterocycles. The zero-order valence-electron chi connectivity index (χ0n) is 13.6. The molecule has 23 heavy (non-hydrogen) atoms. The molecule has 0 fully saturated rings. The molecule has 0 bridgehead atoms. The molecule has 0 aliphatic carbocycles. The van der Waals surface area contributed by atoms with E-state index in [0.717, 1.165) is 5.56 Å². The summed E-state index contributed by atoms with van der Waals surface area (Å²) in [5, 5.41) is 2.72. The zero-order valence-corrected chi connectivity index (χ0v) is 13.6. The van der Waals surface area contributed by atoms with Crippen molar-refractivity contribution in [3.05, 3.63) is 66.2 Å². The molecular formula is C19H21NO3. The van der Waals surface area contributed by atoms with Crippen LogP contribution < -0.4 is 5.32 Å². The first-order chi connectivity index (χ1) is 10.9. The van der Waals surface area contributed by atoms with Gasteiger partial charge in [-0.05, 0) is 38.5 Å². The van der Waals surface area contributed by atoms with Gasteiger partial charge in [0.05, 0.1) is 5.41 Å². The number of rotatable bonds is 5. The highest BCUT2D eigenvalue weighted by atomic mass is 16.5. The number of hydrogen-bond donors (Lipinski definition) is 1. The molecule has 120 valence electrons. The lowest BCUT2D eigenvalue weighted by atomic mass is 9.85. The van der Waals surface area contributed by atoms with Crippen molar-refractivity contribution in [1.29, 1.82) is 0 Å². The molecule has 2 aromatic rings. The summed E-state index contributed by atoms with van der Waals surface area (Å²) < 4.78 is 5.35.